The van der Waals surface area contributed by atoms with Crippen molar-refractivity contribution in [2.45, 2.75) is 0 Å². The van der Waals surface area contributed by atoms with Crippen LogP contribution in [0, 0.1) is 0 Å². The SMILES string of the molecule is COc1ccc(C(=O)/C=C/c2ccccc2OC)c(OC(=O)c2ccccc2Br)c1. The lowest BCUT2D eigenvalue weighted by atomic mass is 10.1. The van der Waals surface area contributed by atoms with E-state index in [2.05, 4.69) is 15.9 Å². The Balaban J connectivity index is 1.91. The zero-order chi connectivity index (χ0) is 21.5. The zero-order valence-electron chi connectivity index (χ0n) is 16.4. The van der Waals surface area contributed by atoms with Crippen molar-refractivity contribution >= 4 is 33.8 Å². The molecule has 0 amide bonds. The number of hydrogen-bond donors (Lipinski definition) is 0. The Hall–Kier alpha value is -3.38. The van der Waals surface area contributed by atoms with Gasteiger partial charge in [0.05, 0.1) is 25.3 Å². The summed E-state index contributed by atoms with van der Waals surface area (Å²) in [6.07, 6.45) is 3.07. The van der Waals surface area contributed by atoms with Crippen LogP contribution in [0.4, 0.5) is 0 Å². The lowest BCUT2D eigenvalue weighted by Crippen LogP contribution is -2.12. The topological polar surface area (TPSA) is 61.8 Å². The van der Waals surface area contributed by atoms with Crippen molar-refractivity contribution in [2.24, 2.45) is 0 Å². The number of para-hydroxylation sites is 1. The van der Waals surface area contributed by atoms with Crippen LogP contribution >= 0.6 is 15.9 Å². The number of allylic oxidation sites excluding steroid dienone is 1. The van der Waals surface area contributed by atoms with Gasteiger partial charge in [-0.25, -0.2) is 4.79 Å². The molecule has 0 heterocycles. The minimum Gasteiger partial charge on any atom is -0.497 e. The molecule has 30 heavy (non-hydrogen) atoms. The Morgan fingerprint density at radius 3 is 2.30 bits per heavy atom. The molecule has 0 unspecified atom stereocenters. The average molecular weight is 467 g/mol. The summed E-state index contributed by atoms with van der Waals surface area (Å²) in [7, 11) is 3.06. The van der Waals surface area contributed by atoms with Gasteiger partial charge in [0.1, 0.15) is 17.2 Å². The van der Waals surface area contributed by atoms with Crippen molar-refractivity contribution in [3.05, 3.63) is 94.0 Å². The van der Waals surface area contributed by atoms with Crippen molar-refractivity contribution in [3.8, 4) is 17.2 Å². The van der Waals surface area contributed by atoms with Crippen LogP contribution in [0.25, 0.3) is 6.08 Å². The highest BCUT2D eigenvalue weighted by Crippen LogP contribution is 2.28. The first-order valence-electron chi connectivity index (χ1n) is 9.03. The highest BCUT2D eigenvalue weighted by Gasteiger charge is 2.18. The molecule has 0 aliphatic rings. The smallest absolute Gasteiger partial charge is 0.344 e. The first kappa shape index (κ1) is 21.3. The molecular formula is C24H19BrO5. The number of carbonyl (C=O) groups is 2. The Morgan fingerprint density at radius 2 is 1.57 bits per heavy atom. The van der Waals surface area contributed by atoms with Crippen LogP contribution in [0.1, 0.15) is 26.3 Å². The molecule has 3 rings (SSSR count). The van der Waals surface area contributed by atoms with Crippen molar-refractivity contribution in [1.29, 1.82) is 0 Å². The Labute approximate surface area is 183 Å². The lowest BCUT2D eigenvalue weighted by Gasteiger charge is -2.11. The summed E-state index contributed by atoms with van der Waals surface area (Å²) >= 11 is 3.33. The van der Waals surface area contributed by atoms with Gasteiger partial charge in [0.25, 0.3) is 0 Å². The molecule has 0 saturated heterocycles. The van der Waals surface area contributed by atoms with Crippen LogP contribution in [0.3, 0.4) is 0 Å². The van der Waals surface area contributed by atoms with Crippen molar-refractivity contribution in [3.63, 3.8) is 0 Å². The molecule has 152 valence electrons. The third-order valence-corrected chi connectivity index (χ3v) is 5.00. The van der Waals surface area contributed by atoms with Crippen LogP contribution in [-0.2, 0) is 0 Å². The maximum absolute atomic E-state index is 12.9. The first-order chi connectivity index (χ1) is 14.5. The number of carbonyl (C=O) groups excluding carboxylic acids is 2. The Kier molecular flexibility index (Phi) is 7.03. The Bertz CT molecular complexity index is 1100. The van der Waals surface area contributed by atoms with Gasteiger partial charge in [-0.05, 0) is 58.4 Å². The van der Waals surface area contributed by atoms with Gasteiger partial charge in [-0.15, -0.1) is 0 Å². The fourth-order valence-electron chi connectivity index (χ4n) is 2.76. The summed E-state index contributed by atoms with van der Waals surface area (Å²) < 4.78 is 16.7. The second-order valence-corrected chi connectivity index (χ2v) is 7.03. The molecule has 3 aromatic carbocycles. The number of ether oxygens (including phenoxy) is 3. The summed E-state index contributed by atoms with van der Waals surface area (Å²) in [5.41, 5.74) is 1.35. The maximum Gasteiger partial charge on any atom is 0.344 e. The van der Waals surface area contributed by atoms with Crippen molar-refractivity contribution in [2.75, 3.05) is 14.2 Å². The summed E-state index contributed by atoms with van der Waals surface area (Å²) in [5.74, 6) is 0.328. The molecule has 0 spiro atoms. The lowest BCUT2D eigenvalue weighted by molar-refractivity contribution is 0.0732. The van der Waals surface area contributed by atoms with Gasteiger partial charge < -0.3 is 14.2 Å². The fourth-order valence-corrected chi connectivity index (χ4v) is 3.21. The molecule has 0 N–H and O–H groups in total. The minimum atomic E-state index is -0.585. The van der Waals surface area contributed by atoms with Crippen LogP contribution in [0.15, 0.2) is 77.3 Å². The van der Waals surface area contributed by atoms with E-state index in [1.807, 2.05) is 24.3 Å². The summed E-state index contributed by atoms with van der Waals surface area (Å²) in [5, 5.41) is 0. The maximum atomic E-state index is 12.9. The van der Waals surface area contributed by atoms with Crippen LogP contribution in [-0.4, -0.2) is 26.0 Å². The average Bonchev–Trinajstić information content (AvgIpc) is 2.77. The molecule has 0 fully saturated rings. The van der Waals surface area contributed by atoms with Crippen molar-refractivity contribution < 1.29 is 23.8 Å². The second-order valence-electron chi connectivity index (χ2n) is 6.17. The Morgan fingerprint density at radius 1 is 0.833 bits per heavy atom. The van der Waals surface area contributed by atoms with E-state index in [0.29, 0.717) is 21.5 Å². The highest BCUT2D eigenvalue weighted by atomic mass is 79.9. The van der Waals surface area contributed by atoms with Gasteiger partial charge in [-0.3, -0.25) is 4.79 Å². The molecule has 5 nitrogen and oxygen atoms in total. The predicted octanol–water partition coefficient (Wildman–Crippen LogP) is 5.58. The van der Waals surface area contributed by atoms with Gasteiger partial charge >= 0.3 is 5.97 Å². The van der Waals surface area contributed by atoms with E-state index in [4.69, 9.17) is 14.2 Å². The summed E-state index contributed by atoms with van der Waals surface area (Å²) in [6, 6.07) is 19.0. The van der Waals surface area contributed by atoms with E-state index >= 15 is 0 Å². The molecule has 0 atom stereocenters. The predicted molar refractivity (Wildman–Crippen MR) is 118 cm³/mol. The van der Waals surface area contributed by atoms with E-state index in [-0.39, 0.29) is 17.1 Å². The number of hydrogen-bond acceptors (Lipinski definition) is 5. The van der Waals surface area contributed by atoms with Gasteiger partial charge in [0, 0.05) is 16.1 Å². The van der Waals surface area contributed by atoms with Gasteiger partial charge in [0.2, 0.25) is 0 Å². The summed E-state index contributed by atoms with van der Waals surface area (Å²) in [6.45, 7) is 0. The third-order valence-electron chi connectivity index (χ3n) is 4.30. The molecule has 6 heteroatoms. The van der Waals surface area contributed by atoms with Crippen molar-refractivity contribution in [1.82, 2.24) is 0 Å². The molecule has 0 saturated carbocycles. The molecular weight excluding hydrogens is 448 g/mol. The quantitative estimate of drug-likeness (QED) is 0.197. The standard InChI is InChI=1S/C24H19BrO5/c1-28-17-12-13-19(21(26)14-11-16-7-3-6-10-22(16)29-2)23(15-17)30-24(27)18-8-4-5-9-20(18)25/h3-15H,1-2H3/b14-11+. The van der Waals surface area contributed by atoms with E-state index in [1.54, 1.807) is 49.6 Å². The van der Waals surface area contributed by atoms with E-state index in [0.717, 1.165) is 5.56 Å². The minimum absolute atomic E-state index is 0.116. The van der Waals surface area contributed by atoms with Gasteiger partial charge in [0.15, 0.2) is 5.78 Å². The van der Waals surface area contributed by atoms with Crippen LogP contribution in [0.5, 0.6) is 17.2 Å². The van der Waals surface area contributed by atoms with Crippen LogP contribution < -0.4 is 14.2 Å². The largest absolute Gasteiger partial charge is 0.497 e. The number of benzene rings is 3. The third kappa shape index (κ3) is 4.96. The number of halogens is 1. The number of rotatable bonds is 7. The number of methoxy groups -OCH3 is 2. The zero-order valence-corrected chi connectivity index (χ0v) is 18.0. The molecule has 0 aromatic heterocycles. The molecule has 0 aliphatic carbocycles. The first-order valence-corrected chi connectivity index (χ1v) is 9.83. The molecule has 3 aromatic rings. The van der Waals surface area contributed by atoms with E-state index in [1.165, 1.54) is 19.3 Å². The van der Waals surface area contributed by atoms with E-state index < -0.39 is 5.97 Å². The number of esters is 1. The molecule has 0 radical (unpaired) electrons. The van der Waals surface area contributed by atoms with Gasteiger partial charge in [-0.2, -0.15) is 0 Å². The molecule has 0 bridgehead atoms. The summed E-state index contributed by atoms with van der Waals surface area (Å²) in [4.78, 5) is 25.5. The van der Waals surface area contributed by atoms with Crippen LogP contribution in [0.2, 0.25) is 0 Å². The second kappa shape index (κ2) is 9.89. The fraction of sp³-hybridized carbons (Fsp3) is 0.0833. The highest BCUT2D eigenvalue weighted by molar-refractivity contribution is 9.10. The van der Waals surface area contributed by atoms with E-state index in [9.17, 15) is 9.59 Å². The molecule has 0 aliphatic heterocycles. The van der Waals surface area contributed by atoms with Gasteiger partial charge in [-0.1, -0.05) is 30.3 Å². The normalized spacial score (nSPS) is 10.6. The number of ketones is 1. The monoisotopic (exact) mass is 466 g/mol.